The average Bonchev–Trinajstić information content (AvgIpc) is 2.95. The van der Waals surface area contributed by atoms with E-state index >= 15 is 0 Å². The van der Waals surface area contributed by atoms with Gasteiger partial charge in [-0.15, -0.1) is 0 Å². The number of nitrogens with one attached hydrogen (secondary N) is 1. The Morgan fingerprint density at radius 3 is 2.70 bits per heavy atom. The Labute approximate surface area is 126 Å². The van der Waals surface area contributed by atoms with Crippen molar-refractivity contribution in [3.8, 4) is 0 Å². The molecule has 4 nitrogen and oxygen atoms in total. The molecule has 3 unspecified atom stereocenters. The maximum atomic E-state index is 12.0. The quantitative estimate of drug-likeness (QED) is 0.579. The van der Waals surface area contributed by atoms with Gasteiger partial charge in [-0.25, -0.2) is 9.36 Å². The van der Waals surface area contributed by atoms with Crippen molar-refractivity contribution in [3.05, 3.63) is 18.7 Å². The molecular formula is C15H23ClN2O2. The van der Waals surface area contributed by atoms with Crippen LogP contribution in [0.4, 0.5) is 0 Å². The summed E-state index contributed by atoms with van der Waals surface area (Å²) in [5.74, 6) is 0.578. The van der Waals surface area contributed by atoms with Crippen molar-refractivity contribution in [2.75, 3.05) is 0 Å². The molecule has 0 aromatic carbocycles. The molecule has 0 aliphatic heterocycles. The molecule has 2 aliphatic rings. The number of nitrogens with zero attached hydrogens (tertiary/aromatic N) is 1. The number of esters is 1. The van der Waals surface area contributed by atoms with Crippen molar-refractivity contribution in [3.63, 3.8) is 0 Å². The summed E-state index contributed by atoms with van der Waals surface area (Å²) in [6, 6.07) is 0. The molecule has 1 heterocycles. The Bertz CT molecular complexity index is 486. The number of ether oxygens (including phenoxy) is 1. The summed E-state index contributed by atoms with van der Waals surface area (Å²) in [6.45, 7) is 7.25. The highest BCUT2D eigenvalue weighted by atomic mass is 35.5. The van der Waals surface area contributed by atoms with Gasteiger partial charge in [0.1, 0.15) is 18.5 Å². The predicted molar refractivity (Wildman–Crippen MR) is 70.1 cm³/mol. The van der Waals surface area contributed by atoms with Crippen LogP contribution in [0.5, 0.6) is 0 Å². The summed E-state index contributed by atoms with van der Waals surface area (Å²) in [6.07, 6.45) is 9.00. The second-order valence-electron chi connectivity index (χ2n) is 6.87. The molecule has 20 heavy (non-hydrogen) atoms. The number of rotatable bonds is 3. The van der Waals surface area contributed by atoms with Gasteiger partial charge >= 0.3 is 5.97 Å². The van der Waals surface area contributed by atoms with Crippen LogP contribution in [0.3, 0.4) is 0 Å². The molecule has 3 rings (SSSR count). The Morgan fingerprint density at radius 2 is 2.20 bits per heavy atom. The van der Waals surface area contributed by atoms with Crippen molar-refractivity contribution in [1.82, 2.24) is 4.98 Å². The van der Waals surface area contributed by atoms with Crippen LogP contribution in [0, 0.1) is 16.7 Å². The predicted octanol–water partition coefficient (Wildman–Crippen LogP) is -0.936. The zero-order valence-electron chi connectivity index (χ0n) is 12.4. The Morgan fingerprint density at radius 1 is 1.45 bits per heavy atom. The van der Waals surface area contributed by atoms with E-state index in [1.54, 1.807) is 12.5 Å². The van der Waals surface area contributed by atoms with Crippen molar-refractivity contribution in [2.24, 2.45) is 16.7 Å². The molecule has 2 bridgehead atoms. The molecule has 3 atom stereocenters. The summed E-state index contributed by atoms with van der Waals surface area (Å²) in [5.41, 5.74) is 0.440. The molecular weight excluding hydrogens is 276 g/mol. The van der Waals surface area contributed by atoms with Crippen LogP contribution in [-0.2, 0) is 16.1 Å². The van der Waals surface area contributed by atoms with E-state index < -0.39 is 0 Å². The average molecular weight is 299 g/mol. The fraction of sp³-hybridized carbons (Fsp3) is 0.733. The minimum atomic E-state index is -0.126. The summed E-state index contributed by atoms with van der Waals surface area (Å²) in [7, 11) is 0. The number of H-pyrrole nitrogens is 1. The van der Waals surface area contributed by atoms with Gasteiger partial charge in [-0.3, -0.25) is 4.98 Å². The van der Waals surface area contributed by atoms with Gasteiger partial charge in [-0.05, 0) is 30.6 Å². The molecule has 1 N–H and O–H groups in total. The monoisotopic (exact) mass is 298 g/mol. The van der Waals surface area contributed by atoms with Crippen LogP contribution in [0.1, 0.15) is 40.0 Å². The van der Waals surface area contributed by atoms with Gasteiger partial charge in [0.15, 0.2) is 6.54 Å². The van der Waals surface area contributed by atoms with E-state index in [4.69, 9.17) is 4.74 Å². The van der Waals surface area contributed by atoms with Gasteiger partial charge in [0, 0.05) is 5.41 Å². The van der Waals surface area contributed by atoms with Crippen LogP contribution in [-0.4, -0.2) is 17.1 Å². The number of carbonyl (C=O) groups excluding carboxylic acids is 1. The molecule has 1 aromatic rings. The first-order chi connectivity index (χ1) is 8.93. The first-order valence-corrected chi connectivity index (χ1v) is 7.15. The minimum absolute atomic E-state index is 0. The van der Waals surface area contributed by atoms with Gasteiger partial charge in [-0.2, -0.15) is 0 Å². The van der Waals surface area contributed by atoms with Gasteiger partial charge in [0.25, 0.3) is 0 Å². The third-order valence-corrected chi connectivity index (χ3v) is 5.90. The molecule has 2 fully saturated rings. The fourth-order valence-electron chi connectivity index (χ4n) is 4.07. The SMILES string of the molecule is CC1(C)C2CCC1(C)C(OC(=O)C[n+]1cc[nH]c1)C2.[Cl-]. The smallest absolute Gasteiger partial charge is 0.348 e. The van der Waals surface area contributed by atoms with E-state index in [1.807, 2.05) is 10.8 Å². The number of aromatic nitrogens is 2. The van der Waals surface area contributed by atoms with Crippen LogP contribution >= 0.6 is 0 Å². The van der Waals surface area contributed by atoms with Crippen molar-refractivity contribution >= 4 is 5.97 Å². The van der Waals surface area contributed by atoms with Gasteiger partial charge in [0.2, 0.25) is 6.33 Å². The summed E-state index contributed by atoms with van der Waals surface area (Å²) in [5, 5.41) is 0. The highest BCUT2D eigenvalue weighted by Crippen LogP contribution is 2.66. The maximum absolute atomic E-state index is 12.0. The largest absolute Gasteiger partial charge is 1.00 e. The van der Waals surface area contributed by atoms with Gasteiger partial charge < -0.3 is 17.1 Å². The number of hydrogen-bond acceptors (Lipinski definition) is 2. The number of fused-ring (bicyclic) bond motifs is 2. The molecule has 1 aromatic heterocycles. The summed E-state index contributed by atoms with van der Waals surface area (Å²) in [4.78, 5) is 15.0. The summed E-state index contributed by atoms with van der Waals surface area (Å²) < 4.78 is 7.59. The first kappa shape index (κ1) is 15.4. The number of carbonyl (C=O) groups is 1. The molecule has 0 spiro atoms. The first-order valence-electron chi connectivity index (χ1n) is 7.15. The zero-order valence-corrected chi connectivity index (χ0v) is 13.1. The Kier molecular flexibility index (Phi) is 3.89. The van der Waals surface area contributed by atoms with E-state index in [1.165, 1.54) is 12.8 Å². The highest BCUT2D eigenvalue weighted by Gasteiger charge is 2.62. The summed E-state index contributed by atoms with van der Waals surface area (Å²) >= 11 is 0. The number of halogens is 1. The Balaban J connectivity index is 0.00000147. The topological polar surface area (TPSA) is 46.0 Å². The van der Waals surface area contributed by atoms with Crippen LogP contribution in [0.25, 0.3) is 0 Å². The molecule has 5 heteroatoms. The highest BCUT2D eigenvalue weighted by molar-refractivity contribution is 5.68. The lowest BCUT2D eigenvalue weighted by Crippen LogP contribution is -3.00. The standard InChI is InChI=1S/C15H22N2O2.ClH/c1-14(2)11-4-5-15(14,3)12(8-11)19-13(18)9-17-7-6-16-10-17;/h6-7,10-12H,4-5,8-9H2,1-3H3;1H. The lowest BCUT2D eigenvalue weighted by molar-refractivity contribution is -0.684. The molecule has 112 valence electrons. The van der Waals surface area contributed by atoms with Crippen LogP contribution < -0.4 is 17.0 Å². The molecule has 0 amide bonds. The van der Waals surface area contributed by atoms with Crippen molar-refractivity contribution < 1.29 is 26.5 Å². The van der Waals surface area contributed by atoms with Crippen LogP contribution in [0.2, 0.25) is 0 Å². The molecule has 0 saturated heterocycles. The van der Waals surface area contributed by atoms with Gasteiger partial charge in [-0.1, -0.05) is 20.8 Å². The fourth-order valence-corrected chi connectivity index (χ4v) is 4.07. The van der Waals surface area contributed by atoms with E-state index in [-0.39, 0.29) is 29.9 Å². The van der Waals surface area contributed by atoms with Crippen molar-refractivity contribution in [2.45, 2.75) is 52.7 Å². The molecule has 0 radical (unpaired) electrons. The zero-order chi connectivity index (χ0) is 13.7. The number of aromatic amines is 1. The number of hydrogen-bond donors (Lipinski definition) is 1. The van der Waals surface area contributed by atoms with E-state index in [2.05, 4.69) is 25.8 Å². The van der Waals surface area contributed by atoms with E-state index in [0.717, 1.165) is 6.42 Å². The second-order valence-corrected chi connectivity index (χ2v) is 6.87. The molecule has 2 aliphatic carbocycles. The second kappa shape index (κ2) is 5.06. The van der Waals surface area contributed by atoms with Crippen LogP contribution in [0.15, 0.2) is 18.7 Å². The molecule has 2 saturated carbocycles. The minimum Gasteiger partial charge on any atom is -1.00 e. The number of imidazole rings is 1. The Hall–Kier alpha value is -1.03. The normalized spacial score (nSPS) is 33.8. The lowest BCUT2D eigenvalue weighted by Gasteiger charge is -2.38. The van der Waals surface area contributed by atoms with E-state index in [9.17, 15) is 4.79 Å². The maximum Gasteiger partial charge on any atom is 0.348 e. The third kappa shape index (κ3) is 2.14. The van der Waals surface area contributed by atoms with Gasteiger partial charge in [0.05, 0.1) is 0 Å². The van der Waals surface area contributed by atoms with Crippen molar-refractivity contribution in [1.29, 1.82) is 0 Å². The third-order valence-electron chi connectivity index (χ3n) is 5.90. The lowest BCUT2D eigenvalue weighted by atomic mass is 9.70. The van der Waals surface area contributed by atoms with E-state index in [0.29, 0.717) is 17.9 Å².